The Labute approximate surface area is 223 Å². The van der Waals surface area contributed by atoms with Crippen LogP contribution in [0.25, 0.3) is 0 Å². The third-order valence-corrected chi connectivity index (χ3v) is 6.91. The third-order valence-electron chi connectivity index (χ3n) is 6.91. The zero-order valence-electron chi connectivity index (χ0n) is 23.3. The summed E-state index contributed by atoms with van der Waals surface area (Å²) in [5.41, 5.74) is -0.0559. The van der Waals surface area contributed by atoms with Crippen molar-refractivity contribution in [1.29, 1.82) is 0 Å². The van der Waals surface area contributed by atoms with Crippen molar-refractivity contribution in [3.63, 3.8) is 0 Å². The van der Waals surface area contributed by atoms with Crippen molar-refractivity contribution < 1.29 is 19.1 Å². The Kier molecular flexibility index (Phi) is 13.7. The van der Waals surface area contributed by atoms with E-state index in [0.717, 1.165) is 64.2 Å². The van der Waals surface area contributed by atoms with Gasteiger partial charge in [0.2, 0.25) is 0 Å². The van der Waals surface area contributed by atoms with E-state index >= 15 is 0 Å². The molecule has 0 spiro atoms. The minimum absolute atomic E-state index is 0. The minimum atomic E-state index is -0.0643. The van der Waals surface area contributed by atoms with Crippen LogP contribution in [0.1, 0.15) is 147 Å². The summed E-state index contributed by atoms with van der Waals surface area (Å²) in [6, 6.07) is 0. The van der Waals surface area contributed by atoms with Crippen molar-refractivity contribution in [2.24, 2.45) is 0 Å². The summed E-state index contributed by atoms with van der Waals surface area (Å²) >= 11 is 0. The topological polar surface area (TPSA) is 76.7 Å². The van der Waals surface area contributed by atoms with Crippen LogP contribution in [0.3, 0.4) is 0 Å². The molecule has 0 radical (unpaired) electrons. The molecule has 2 N–H and O–H groups in total. The summed E-state index contributed by atoms with van der Waals surface area (Å²) in [7, 11) is 0. The molecular formula is C30H60N2O4. The lowest BCUT2D eigenvalue weighted by atomic mass is 9.81. The maximum absolute atomic E-state index is 12.3. The van der Waals surface area contributed by atoms with Gasteiger partial charge in [-0.3, -0.25) is 9.59 Å². The molecule has 0 bridgehead atoms. The molecule has 214 valence electrons. The molecular weight excluding hydrogens is 452 g/mol. The smallest absolute Gasteiger partial charge is 0.306 e. The molecule has 36 heavy (non-hydrogen) atoms. The highest BCUT2D eigenvalue weighted by molar-refractivity contribution is 5.69. The van der Waals surface area contributed by atoms with Crippen LogP contribution in [0.15, 0.2) is 0 Å². The highest BCUT2D eigenvalue weighted by atomic mass is 16.5. The van der Waals surface area contributed by atoms with E-state index < -0.39 is 0 Å². The lowest BCUT2D eigenvalue weighted by Gasteiger charge is -2.46. The number of hydrogen-bond donors (Lipinski definition) is 2. The summed E-state index contributed by atoms with van der Waals surface area (Å²) in [6.45, 7) is 17.4. The van der Waals surface area contributed by atoms with E-state index in [1.807, 2.05) is 0 Å². The van der Waals surface area contributed by atoms with Crippen molar-refractivity contribution in [3.8, 4) is 0 Å². The maximum atomic E-state index is 12.3. The maximum Gasteiger partial charge on any atom is 0.306 e. The normalized spacial score (nSPS) is 22.6. The summed E-state index contributed by atoms with van der Waals surface area (Å²) in [5, 5.41) is 7.25. The lowest BCUT2D eigenvalue weighted by molar-refractivity contribution is -0.154. The molecule has 0 aromatic rings. The van der Waals surface area contributed by atoms with Crippen LogP contribution < -0.4 is 10.6 Å². The Morgan fingerprint density at radius 1 is 0.556 bits per heavy atom. The van der Waals surface area contributed by atoms with Crippen LogP contribution in [0.5, 0.6) is 0 Å². The largest absolute Gasteiger partial charge is 0.462 e. The lowest BCUT2D eigenvalue weighted by Crippen LogP contribution is -2.59. The van der Waals surface area contributed by atoms with Crippen molar-refractivity contribution in [3.05, 3.63) is 0 Å². The Morgan fingerprint density at radius 2 is 0.806 bits per heavy atom. The SMILES string of the molecule is C.C.CC1(C)CC(OC(=O)CCCCCCCCC(=O)OC2CC(C)(C)NC(C)(C)C2)CC(C)(C)N1. The molecule has 0 amide bonds. The molecule has 2 rings (SSSR count). The number of piperidine rings is 2. The Balaban J connectivity index is 0.00000612. The zero-order valence-corrected chi connectivity index (χ0v) is 23.3. The number of esters is 2. The molecule has 2 fully saturated rings. The summed E-state index contributed by atoms with van der Waals surface area (Å²) in [5.74, 6) is -0.129. The molecule has 0 unspecified atom stereocenters. The predicted molar refractivity (Wildman–Crippen MR) is 151 cm³/mol. The van der Waals surface area contributed by atoms with Gasteiger partial charge in [0.05, 0.1) is 0 Å². The van der Waals surface area contributed by atoms with Crippen molar-refractivity contribution in [2.45, 2.75) is 182 Å². The molecule has 0 atom stereocenters. The van der Waals surface area contributed by atoms with Crippen LogP contribution in [0.2, 0.25) is 0 Å². The second-order valence-electron chi connectivity index (χ2n) is 13.4. The van der Waals surface area contributed by atoms with Crippen molar-refractivity contribution >= 4 is 11.9 Å². The molecule has 0 saturated carbocycles. The molecule has 2 aliphatic rings. The molecule has 2 heterocycles. The second-order valence-corrected chi connectivity index (χ2v) is 13.4. The van der Waals surface area contributed by atoms with E-state index in [-0.39, 0.29) is 61.2 Å². The summed E-state index contributed by atoms with van der Waals surface area (Å²) in [4.78, 5) is 24.6. The first-order chi connectivity index (χ1) is 15.6. The molecule has 2 aliphatic heterocycles. The number of rotatable bonds is 11. The fraction of sp³-hybridized carbons (Fsp3) is 0.933. The summed E-state index contributed by atoms with van der Waals surface area (Å²) in [6.07, 6.45) is 10.4. The third kappa shape index (κ3) is 13.4. The number of nitrogens with one attached hydrogen (secondary N) is 2. The molecule has 0 aromatic heterocycles. The highest BCUT2D eigenvalue weighted by Crippen LogP contribution is 2.31. The Bertz CT molecular complexity index is 594. The van der Waals surface area contributed by atoms with E-state index in [1.54, 1.807) is 0 Å². The van der Waals surface area contributed by atoms with E-state index in [9.17, 15) is 9.59 Å². The van der Waals surface area contributed by atoms with Gasteiger partial charge < -0.3 is 20.1 Å². The van der Waals surface area contributed by atoms with Gasteiger partial charge in [-0.2, -0.15) is 0 Å². The Hall–Kier alpha value is -1.14. The van der Waals surface area contributed by atoms with Gasteiger partial charge in [-0.1, -0.05) is 40.5 Å². The monoisotopic (exact) mass is 512 g/mol. The van der Waals surface area contributed by atoms with E-state index in [0.29, 0.717) is 12.8 Å². The molecule has 0 aromatic carbocycles. The number of ether oxygens (including phenoxy) is 2. The van der Waals surface area contributed by atoms with E-state index in [2.05, 4.69) is 66.0 Å². The molecule has 2 saturated heterocycles. The van der Waals surface area contributed by atoms with Gasteiger partial charge in [0.25, 0.3) is 0 Å². The van der Waals surface area contributed by atoms with Gasteiger partial charge in [0, 0.05) is 60.7 Å². The minimum Gasteiger partial charge on any atom is -0.462 e. The second kappa shape index (κ2) is 14.1. The fourth-order valence-electron chi connectivity index (χ4n) is 6.36. The first-order valence-electron chi connectivity index (χ1n) is 13.5. The van der Waals surface area contributed by atoms with Gasteiger partial charge in [0.1, 0.15) is 12.2 Å². The number of carbonyl (C=O) groups excluding carboxylic acids is 2. The standard InChI is InChI=1S/C28H52N2O4.2CH4/c1-25(2)17-21(18-26(3,4)29-25)33-23(31)15-13-11-9-10-12-14-16-24(32)34-22-19-27(5,6)30-28(7,8)20-22;;/h21-22,29-30H,9-20H2,1-8H3;2*1H4. The number of carbonyl (C=O) groups is 2. The van der Waals surface area contributed by atoms with Gasteiger partial charge in [-0.05, 0) is 68.2 Å². The summed E-state index contributed by atoms with van der Waals surface area (Å²) < 4.78 is 11.6. The first kappa shape index (κ1) is 34.9. The van der Waals surface area contributed by atoms with Crippen LogP contribution in [-0.2, 0) is 19.1 Å². The molecule has 6 heteroatoms. The number of unbranched alkanes of at least 4 members (excludes halogenated alkanes) is 5. The van der Waals surface area contributed by atoms with Crippen LogP contribution >= 0.6 is 0 Å². The van der Waals surface area contributed by atoms with E-state index in [4.69, 9.17) is 9.47 Å². The fourth-order valence-corrected chi connectivity index (χ4v) is 6.36. The molecule has 6 nitrogen and oxygen atoms in total. The van der Waals surface area contributed by atoms with Crippen molar-refractivity contribution in [1.82, 2.24) is 10.6 Å². The van der Waals surface area contributed by atoms with E-state index in [1.165, 1.54) is 0 Å². The average molecular weight is 513 g/mol. The zero-order chi connectivity index (χ0) is 25.6. The highest BCUT2D eigenvalue weighted by Gasteiger charge is 2.40. The van der Waals surface area contributed by atoms with Gasteiger partial charge in [-0.15, -0.1) is 0 Å². The Morgan fingerprint density at radius 3 is 1.08 bits per heavy atom. The predicted octanol–water partition coefficient (Wildman–Crippen LogP) is 7.08. The van der Waals surface area contributed by atoms with Gasteiger partial charge in [-0.25, -0.2) is 0 Å². The molecule has 0 aliphatic carbocycles. The van der Waals surface area contributed by atoms with Crippen LogP contribution in [-0.4, -0.2) is 46.3 Å². The first-order valence-corrected chi connectivity index (χ1v) is 13.5. The van der Waals surface area contributed by atoms with Crippen LogP contribution in [0, 0.1) is 0 Å². The quantitative estimate of drug-likeness (QED) is 0.227. The van der Waals surface area contributed by atoms with Gasteiger partial charge >= 0.3 is 11.9 Å². The van der Waals surface area contributed by atoms with Crippen molar-refractivity contribution in [2.75, 3.05) is 0 Å². The van der Waals surface area contributed by atoms with Crippen LogP contribution in [0.4, 0.5) is 0 Å². The average Bonchev–Trinajstić information content (AvgIpc) is 2.58. The van der Waals surface area contributed by atoms with Gasteiger partial charge in [0.15, 0.2) is 0 Å². The number of hydrogen-bond acceptors (Lipinski definition) is 6.